The number of halogens is 5. The molecule has 0 heterocycles. The summed E-state index contributed by atoms with van der Waals surface area (Å²) in [5, 5.41) is 3.22. The smallest absolute Gasteiger partial charge is 0.294 e. The first-order valence-corrected chi connectivity index (χ1v) is 7.53. The third kappa shape index (κ3) is 3.16. The molecule has 0 spiro atoms. The fourth-order valence-corrected chi connectivity index (χ4v) is 2.63. The van der Waals surface area contributed by atoms with E-state index in [0.717, 1.165) is 16.2 Å². The minimum absolute atomic E-state index is 0.0981. The molecule has 7 heteroatoms. The molecule has 134 valence electrons. The second kappa shape index (κ2) is 6.16. The van der Waals surface area contributed by atoms with E-state index in [1.807, 2.05) is 30.3 Å². The molecule has 2 nitrogen and oxygen atoms in total. The first-order valence-electron chi connectivity index (χ1n) is 7.53. The van der Waals surface area contributed by atoms with E-state index >= 15 is 0 Å². The quantitative estimate of drug-likeness (QED) is 0.271. The van der Waals surface area contributed by atoms with Gasteiger partial charge in [0.05, 0.1) is 6.42 Å². The summed E-state index contributed by atoms with van der Waals surface area (Å²) in [5.41, 5.74) is -0.0981. The molecule has 0 radical (unpaired) electrons. The minimum Gasteiger partial charge on any atom is -0.294 e. The summed E-state index contributed by atoms with van der Waals surface area (Å²) in [6, 6.07) is 15.3. The highest BCUT2D eigenvalue weighted by atomic mass is 19.4. The Morgan fingerprint density at radius 2 is 1.27 bits per heavy atom. The molecule has 0 bridgehead atoms. The molecule has 0 aliphatic rings. The third-order valence-electron chi connectivity index (χ3n) is 4.05. The highest BCUT2D eigenvalue weighted by Gasteiger charge is 2.62. The summed E-state index contributed by atoms with van der Waals surface area (Å²) in [5.74, 6) is -9.10. The Bertz CT molecular complexity index is 1020. The van der Waals surface area contributed by atoms with Crippen LogP contribution in [0.2, 0.25) is 0 Å². The SMILES string of the molecule is O=C(CC(=O)C(F)(F)C(F)(F)F)c1ccc2cc3ccccc3cc2c1. The number of benzene rings is 3. The van der Waals surface area contributed by atoms with Crippen molar-refractivity contribution < 1.29 is 31.5 Å². The predicted octanol–water partition coefficient (Wildman–Crippen LogP) is 5.33. The van der Waals surface area contributed by atoms with Crippen molar-refractivity contribution in [1.82, 2.24) is 0 Å². The van der Waals surface area contributed by atoms with E-state index in [4.69, 9.17) is 0 Å². The molecule has 0 amide bonds. The number of Topliss-reactive ketones (excluding diaryl/α,β-unsaturated/α-hetero) is 2. The minimum atomic E-state index is -6.02. The summed E-state index contributed by atoms with van der Waals surface area (Å²) < 4.78 is 62.6. The van der Waals surface area contributed by atoms with Crippen molar-refractivity contribution >= 4 is 33.1 Å². The van der Waals surface area contributed by atoms with E-state index < -0.39 is 30.1 Å². The zero-order valence-corrected chi connectivity index (χ0v) is 13.1. The van der Waals surface area contributed by atoms with Crippen LogP contribution in [0.1, 0.15) is 16.8 Å². The number of rotatable bonds is 4. The van der Waals surface area contributed by atoms with Crippen molar-refractivity contribution in [3.8, 4) is 0 Å². The van der Waals surface area contributed by atoms with Crippen molar-refractivity contribution in [2.75, 3.05) is 0 Å². The third-order valence-corrected chi connectivity index (χ3v) is 4.05. The summed E-state index contributed by atoms with van der Waals surface area (Å²) in [6.45, 7) is 0. The molecule has 3 aromatic rings. The summed E-state index contributed by atoms with van der Waals surface area (Å²) in [4.78, 5) is 23.3. The Kier molecular flexibility index (Phi) is 4.26. The van der Waals surface area contributed by atoms with Crippen molar-refractivity contribution in [2.45, 2.75) is 18.5 Å². The zero-order valence-electron chi connectivity index (χ0n) is 13.1. The standard InChI is InChI=1S/C19H11F5O2/c20-18(21,19(22,23)24)17(26)10-16(25)14-6-5-13-7-11-3-1-2-4-12(11)8-15(13)9-14/h1-9H,10H2. The number of alkyl halides is 5. The van der Waals surface area contributed by atoms with E-state index in [0.29, 0.717) is 5.39 Å². The molecular weight excluding hydrogens is 355 g/mol. The van der Waals surface area contributed by atoms with Crippen molar-refractivity contribution in [2.24, 2.45) is 0 Å². The van der Waals surface area contributed by atoms with Crippen LogP contribution in [0.15, 0.2) is 54.6 Å². The largest absolute Gasteiger partial charge is 0.461 e. The predicted molar refractivity (Wildman–Crippen MR) is 86.4 cm³/mol. The van der Waals surface area contributed by atoms with E-state index in [9.17, 15) is 31.5 Å². The lowest BCUT2D eigenvalue weighted by atomic mass is 9.98. The maximum Gasteiger partial charge on any atom is 0.461 e. The van der Waals surface area contributed by atoms with Gasteiger partial charge in [0.1, 0.15) is 0 Å². The van der Waals surface area contributed by atoms with Gasteiger partial charge in [-0.2, -0.15) is 22.0 Å². The molecule has 3 rings (SSSR count). The Morgan fingerprint density at radius 3 is 1.85 bits per heavy atom. The van der Waals surface area contributed by atoms with Crippen LogP contribution in [-0.2, 0) is 4.79 Å². The molecule has 0 N–H and O–H groups in total. The second-order valence-corrected chi connectivity index (χ2v) is 5.86. The normalized spacial score (nSPS) is 12.5. The fourth-order valence-electron chi connectivity index (χ4n) is 2.63. The van der Waals surface area contributed by atoms with Crippen molar-refractivity contribution in [3.05, 3.63) is 60.2 Å². The number of hydrogen-bond acceptors (Lipinski definition) is 2. The number of ketones is 2. The molecular formula is C19H11F5O2. The van der Waals surface area contributed by atoms with Crippen LogP contribution in [0.3, 0.4) is 0 Å². The van der Waals surface area contributed by atoms with Crippen LogP contribution in [0, 0.1) is 0 Å². The van der Waals surface area contributed by atoms with Crippen LogP contribution < -0.4 is 0 Å². The molecule has 0 aliphatic carbocycles. The summed E-state index contributed by atoms with van der Waals surface area (Å²) >= 11 is 0. The Balaban J connectivity index is 1.91. The molecule has 0 saturated carbocycles. The Morgan fingerprint density at radius 1 is 0.731 bits per heavy atom. The topological polar surface area (TPSA) is 34.1 Å². The number of hydrogen-bond donors (Lipinski definition) is 0. The molecule has 26 heavy (non-hydrogen) atoms. The Labute approximate surface area is 144 Å². The van der Waals surface area contributed by atoms with Gasteiger partial charge in [-0.3, -0.25) is 9.59 Å². The molecule has 0 atom stereocenters. The van der Waals surface area contributed by atoms with Crippen LogP contribution in [0.4, 0.5) is 22.0 Å². The molecule has 0 saturated heterocycles. The first kappa shape index (κ1) is 18.0. The lowest BCUT2D eigenvalue weighted by molar-refractivity contribution is -0.268. The lowest BCUT2D eigenvalue weighted by Gasteiger charge is -2.17. The summed E-state index contributed by atoms with van der Waals surface area (Å²) in [7, 11) is 0. The van der Waals surface area contributed by atoms with Crippen LogP contribution in [0.25, 0.3) is 21.5 Å². The van der Waals surface area contributed by atoms with Gasteiger partial charge in [-0.25, -0.2) is 0 Å². The molecule has 0 unspecified atom stereocenters. The van der Waals surface area contributed by atoms with Gasteiger partial charge in [-0.1, -0.05) is 36.4 Å². The van der Waals surface area contributed by atoms with Gasteiger partial charge < -0.3 is 0 Å². The van der Waals surface area contributed by atoms with Gasteiger partial charge in [0.2, 0.25) is 5.78 Å². The highest BCUT2D eigenvalue weighted by molar-refractivity contribution is 6.11. The van der Waals surface area contributed by atoms with Crippen molar-refractivity contribution in [1.29, 1.82) is 0 Å². The Hall–Kier alpha value is -2.83. The van der Waals surface area contributed by atoms with Crippen LogP contribution >= 0.6 is 0 Å². The van der Waals surface area contributed by atoms with E-state index in [-0.39, 0.29) is 5.56 Å². The first-order chi connectivity index (χ1) is 12.1. The van der Waals surface area contributed by atoms with Gasteiger partial charge in [0, 0.05) is 5.56 Å². The van der Waals surface area contributed by atoms with Gasteiger partial charge in [0.25, 0.3) is 0 Å². The number of carbonyl (C=O) groups excluding carboxylic acids is 2. The maximum atomic E-state index is 13.0. The molecule has 0 aliphatic heterocycles. The maximum absolute atomic E-state index is 13.0. The van der Waals surface area contributed by atoms with E-state index in [1.165, 1.54) is 12.1 Å². The molecule has 3 aromatic carbocycles. The zero-order chi connectivity index (χ0) is 19.1. The average Bonchev–Trinajstić information content (AvgIpc) is 2.58. The van der Waals surface area contributed by atoms with Crippen LogP contribution in [-0.4, -0.2) is 23.7 Å². The fraction of sp³-hybridized carbons (Fsp3) is 0.158. The van der Waals surface area contributed by atoms with Gasteiger partial charge in [-0.05, 0) is 39.7 Å². The van der Waals surface area contributed by atoms with Gasteiger partial charge in [-0.15, -0.1) is 0 Å². The number of carbonyl (C=O) groups is 2. The monoisotopic (exact) mass is 366 g/mol. The average molecular weight is 366 g/mol. The second-order valence-electron chi connectivity index (χ2n) is 5.86. The van der Waals surface area contributed by atoms with E-state index in [1.54, 1.807) is 12.1 Å². The van der Waals surface area contributed by atoms with Crippen molar-refractivity contribution in [3.63, 3.8) is 0 Å². The lowest BCUT2D eigenvalue weighted by Crippen LogP contribution is -2.44. The van der Waals surface area contributed by atoms with Crippen LogP contribution in [0.5, 0.6) is 0 Å². The van der Waals surface area contributed by atoms with E-state index in [2.05, 4.69) is 0 Å². The highest BCUT2D eigenvalue weighted by Crippen LogP contribution is 2.37. The number of fused-ring (bicyclic) bond motifs is 2. The van der Waals surface area contributed by atoms with Gasteiger partial charge in [0.15, 0.2) is 5.78 Å². The molecule has 0 aromatic heterocycles. The molecule has 0 fully saturated rings. The van der Waals surface area contributed by atoms with Gasteiger partial charge >= 0.3 is 12.1 Å². The summed E-state index contributed by atoms with van der Waals surface area (Å²) in [6.07, 6.45) is -7.54.